The molecule has 0 spiro atoms. The summed E-state index contributed by atoms with van der Waals surface area (Å²) in [5.41, 5.74) is 0. The molecule has 0 saturated carbocycles. The van der Waals surface area contributed by atoms with Crippen LogP contribution in [0.15, 0.2) is 0 Å². The van der Waals surface area contributed by atoms with Crippen molar-refractivity contribution in [1.82, 2.24) is 9.62 Å². The van der Waals surface area contributed by atoms with Gasteiger partial charge in [0.15, 0.2) is 0 Å². The van der Waals surface area contributed by atoms with Crippen molar-refractivity contribution in [2.45, 2.75) is 19.0 Å². The fourth-order valence-corrected chi connectivity index (χ4v) is 2.10. The molecule has 0 aliphatic carbocycles. The van der Waals surface area contributed by atoms with Crippen LogP contribution in [0.4, 0.5) is 4.79 Å². The van der Waals surface area contributed by atoms with Gasteiger partial charge in [-0.2, -0.15) is 4.72 Å². The lowest BCUT2D eigenvalue weighted by Gasteiger charge is -2.21. The number of amides is 1. The molecule has 0 bridgehead atoms. The Morgan fingerprint density at radius 3 is 2.69 bits per heavy atom. The molecule has 7 heteroatoms. The number of sulfonamides is 1. The predicted molar refractivity (Wildman–Crippen MR) is 45.7 cm³/mol. The van der Waals surface area contributed by atoms with Gasteiger partial charge in [-0.25, -0.2) is 13.2 Å². The number of carboxylic acid groups (broad SMARTS) is 1. The molecule has 2 N–H and O–H groups in total. The van der Waals surface area contributed by atoms with Crippen LogP contribution in [-0.2, 0) is 10.0 Å². The van der Waals surface area contributed by atoms with Gasteiger partial charge in [0.05, 0.1) is 12.4 Å². The first-order chi connectivity index (χ1) is 5.90. The van der Waals surface area contributed by atoms with Crippen LogP contribution >= 0.6 is 0 Å². The van der Waals surface area contributed by atoms with E-state index in [0.717, 1.165) is 11.2 Å². The highest BCUT2D eigenvalue weighted by molar-refractivity contribution is 7.88. The monoisotopic (exact) mass is 208 g/mol. The van der Waals surface area contributed by atoms with Crippen LogP contribution in [0.1, 0.15) is 12.8 Å². The Morgan fingerprint density at radius 1 is 1.62 bits per heavy atom. The lowest BCUT2D eigenvalue weighted by Crippen LogP contribution is -2.46. The Kier molecular flexibility index (Phi) is 2.77. The summed E-state index contributed by atoms with van der Waals surface area (Å²) in [5.74, 6) is 0. The number of hydrogen-bond acceptors (Lipinski definition) is 3. The summed E-state index contributed by atoms with van der Waals surface area (Å²) in [6.45, 7) is 0.391. The lowest BCUT2D eigenvalue weighted by atomic mass is 10.3. The van der Waals surface area contributed by atoms with Crippen molar-refractivity contribution in [3.05, 3.63) is 0 Å². The zero-order valence-corrected chi connectivity index (χ0v) is 8.04. The van der Waals surface area contributed by atoms with E-state index in [1.165, 1.54) is 0 Å². The summed E-state index contributed by atoms with van der Waals surface area (Å²) in [6.07, 6.45) is 0.579. The number of nitrogens with zero attached hydrogens (tertiary/aromatic N) is 1. The van der Waals surface area contributed by atoms with Crippen molar-refractivity contribution in [2.75, 3.05) is 12.8 Å². The third-order valence-electron chi connectivity index (χ3n) is 1.85. The van der Waals surface area contributed by atoms with Gasteiger partial charge in [0, 0.05) is 6.54 Å². The molecule has 1 amide bonds. The number of likely N-dealkylation sites (tertiary alicyclic amines) is 1. The second kappa shape index (κ2) is 3.51. The maximum absolute atomic E-state index is 10.8. The zero-order chi connectivity index (χ0) is 10.1. The first-order valence-corrected chi connectivity index (χ1v) is 5.76. The summed E-state index contributed by atoms with van der Waals surface area (Å²) in [6, 6.07) is 0. The van der Waals surface area contributed by atoms with Gasteiger partial charge in [0.2, 0.25) is 10.0 Å². The maximum Gasteiger partial charge on any atom is 0.408 e. The van der Waals surface area contributed by atoms with E-state index in [2.05, 4.69) is 4.72 Å². The van der Waals surface area contributed by atoms with Gasteiger partial charge in [-0.3, -0.25) is 4.90 Å². The predicted octanol–water partition coefficient (Wildman–Crippen LogP) is -0.365. The quantitative estimate of drug-likeness (QED) is 0.648. The summed E-state index contributed by atoms with van der Waals surface area (Å²) in [5, 5.41) is 8.67. The van der Waals surface area contributed by atoms with Crippen molar-refractivity contribution in [2.24, 2.45) is 0 Å². The summed E-state index contributed by atoms with van der Waals surface area (Å²) in [7, 11) is -3.33. The average molecular weight is 208 g/mol. The minimum atomic E-state index is -3.33. The number of rotatable bonds is 2. The average Bonchev–Trinajstić information content (AvgIpc) is 2.31. The van der Waals surface area contributed by atoms with Crippen molar-refractivity contribution in [1.29, 1.82) is 0 Å². The van der Waals surface area contributed by atoms with Crippen LogP contribution in [0.5, 0.6) is 0 Å². The van der Waals surface area contributed by atoms with Gasteiger partial charge in [0.25, 0.3) is 0 Å². The summed E-state index contributed by atoms with van der Waals surface area (Å²) >= 11 is 0. The third kappa shape index (κ3) is 2.85. The normalized spacial score (nSPS) is 23.5. The van der Waals surface area contributed by atoms with Crippen LogP contribution in [-0.4, -0.2) is 43.5 Å². The van der Waals surface area contributed by atoms with Gasteiger partial charge in [0.1, 0.15) is 0 Å². The Hall–Kier alpha value is -0.820. The van der Waals surface area contributed by atoms with Crippen LogP contribution in [0.25, 0.3) is 0 Å². The molecule has 0 aromatic heterocycles. The molecule has 76 valence electrons. The molecule has 1 atom stereocenters. The molecule has 1 aliphatic heterocycles. The standard InChI is InChI=1S/C6H12N2O4S/c1-13(11,12)7-5-3-2-4-8(5)6(9)10/h5,7H,2-4H2,1H3,(H,9,10). The molecule has 6 nitrogen and oxygen atoms in total. The fraction of sp³-hybridized carbons (Fsp3) is 0.833. The van der Waals surface area contributed by atoms with Crippen LogP contribution < -0.4 is 4.72 Å². The lowest BCUT2D eigenvalue weighted by molar-refractivity contribution is 0.138. The SMILES string of the molecule is CS(=O)(=O)NC1CCCN1C(=O)O. The Labute approximate surface area is 76.6 Å². The van der Waals surface area contributed by atoms with Crippen LogP contribution in [0, 0.1) is 0 Å². The molecular weight excluding hydrogens is 196 g/mol. The van der Waals surface area contributed by atoms with E-state index >= 15 is 0 Å². The molecule has 1 unspecified atom stereocenters. The van der Waals surface area contributed by atoms with Gasteiger partial charge >= 0.3 is 6.09 Å². The summed E-state index contributed by atoms with van der Waals surface area (Å²) in [4.78, 5) is 11.7. The number of nitrogens with one attached hydrogen (secondary N) is 1. The van der Waals surface area contributed by atoms with E-state index in [4.69, 9.17) is 5.11 Å². The van der Waals surface area contributed by atoms with E-state index in [-0.39, 0.29) is 0 Å². The van der Waals surface area contributed by atoms with Crippen LogP contribution in [0.3, 0.4) is 0 Å². The van der Waals surface area contributed by atoms with Crippen molar-refractivity contribution >= 4 is 16.1 Å². The minimum absolute atomic E-state index is 0.391. The van der Waals surface area contributed by atoms with Gasteiger partial charge in [-0.05, 0) is 12.8 Å². The second-order valence-electron chi connectivity index (χ2n) is 3.02. The molecular formula is C6H12N2O4S. The van der Waals surface area contributed by atoms with E-state index in [1.807, 2.05) is 0 Å². The highest BCUT2D eigenvalue weighted by Gasteiger charge is 2.30. The smallest absolute Gasteiger partial charge is 0.408 e. The van der Waals surface area contributed by atoms with Gasteiger partial charge in [-0.1, -0.05) is 0 Å². The van der Waals surface area contributed by atoms with Crippen molar-refractivity contribution in [3.8, 4) is 0 Å². The van der Waals surface area contributed by atoms with E-state index in [0.29, 0.717) is 19.4 Å². The molecule has 0 aromatic carbocycles. The third-order valence-corrected chi connectivity index (χ3v) is 2.55. The first-order valence-electron chi connectivity index (χ1n) is 3.87. The molecule has 1 saturated heterocycles. The molecule has 1 rings (SSSR count). The van der Waals surface area contributed by atoms with Gasteiger partial charge < -0.3 is 5.11 Å². The highest BCUT2D eigenvalue weighted by atomic mass is 32.2. The van der Waals surface area contributed by atoms with E-state index < -0.39 is 22.3 Å². The Morgan fingerprint density at radius 2 is 2.23 bits per heavy atom. The molecule has 0 aromatic rings. The molecule has 0 radical (unpaired) electrons. The van der Waals surface area contributed by atoms with E-state index in [9.17, 15) is 13.2 Å². The maximum atomic E-state index is 10.8. The van der Waals surface area contributed by atoms with E-state index in [1.54, 1.807) is 0 Å². The molecule has 13 heavy (non-hydrogen) atoms. The molecule has 1 aliphatic rings. The largest absolute Gasteiger partial charge is 0.465 e. The number of hydrogen-bond donors (Lipinski definition) is 2. The number of carbonyl (C=O) groups is 1. The highest BCUT2D eigenvalue weighted by Crippen LogP contribution is 2.15. The fourth-order valence-electron chi connectivity index (χ4n) is 1.37. The zero-order valence-electron chi connectivity index (χ0n) is 7.23. The Balaban J connectivity index is 2.64. The van der Waals surface area contributed by atoms with Gasteiger partial charge in [-0.15, -0.1) is 0 Å². The molecule has 1 heterocycles. The second-order valence-corrected chi connectivity index (χ2v) is 4.80. The molecule has 1 fully saturated rings. The first kappa shape index (κ1) is 10.3. The van der Waals surface area contributed by atoms with Crippen molar-refractivity contribution in [3.63, 3.8) is 0 Å². The topological polar surface area (TPSA) is 86.7 Å². The van der Waals surface area contributed by atoms with Crippen molar-refractivity contribution < 1.29 is 18.3 Å². The van der Waals surface area contributed by atoms with Crippen LogP contribution in [0.2, 0.25) is 0 Å². The summed E-state index contributed by atoms with van der Waals surface area (Å²) < 4.78 is 23.9. The Bertz CT molecular complexity index is 300. The minimum Gasteiger partial charge on any atom is -0.465 e.